The first-order valence-corrected chi connectivity index (χ1v) is 8.94. The summed E-state index contributed by atoms with van der Waals surface area (Å²) in [6.45, 7) is 2.78. The number of halogens is 1. The minimum Gasteiger partial charge on any atom is -0.472 e. The van der Waals surface area contributed by atoms with Crippen molar-refractivity contribution in [1.29, 1.82) is 0 Å². The number of sulfonamides is 1. The van der Waals surface area contributed by atoms with Gasteiger partial charge in [-0.2, -0.15) is 4.31 Å². The predicted octanol–water partition coefficient (Wildman–Crippen LogP) is 1.18. The number of pyridine rings is 1. The molecule has 2 aliphatic heterocycles. The third kappa shape index (κ3) is 2.95. The van der Waals surface area contributed by atoms with E-state index in [1.54, 1.807) is 6.92 Å². The standard InChI is InChI=1S/C14H19FN2O4S/c1-2-22(18,19)17-9-14(10-17)8-11(5-7-20-14)21-13-12(15)4-3-6-16-13/h3-4,6,11H,2,5,7-10H2,1H3/t11-/m0/s1. The molecule has 122 valence electrons. The van der Waals surface area contributed by atoms with Gasteiger partial charge in [0.05, 0.1) is 18.0 Å². The third-order valence-corrected chi connectivity index (χ3v) is 5.91. The molecule has 3 heterocycles. The summed E-state index contributed by atoms with van der Waals surface area (Å²) in [6, 6.07) is 2.81. The topological polar surface area (TPSA) is 68.7 Å². The molecule has 1 aromatic heterocycles. The van der Waals surface area contributed by atoms with Crippen LogP contribution in [0.1, 0.15) is 19.8 Å². The molecule has 2 aliphatic rings. The maximum Gasteiger partial charge on any atom is 0.250 e. The highest BCUT2D eigenvalue weighted by atomic mass is 32.2. The maximum absolute atomic E-state index is 13.6. The van der Waals surface area contributed by atoms with Gasteiger partial charge in [0.25, 0.3) is 5.88 Å². The Labute approximate surface area is 129 Å². The number of rotatable bonds is 4. The van der Waals surface area contributed by atoms with Crippen LogP contribution < -0.4 is 4.74 Å². The number of nitrogens with zero attached hydrogens (tertiary/aromatic N) is 2. The SMILES string of the molecule is CCS(=O)(=O)N1CC2(C[C@@H](Oc3ncccc3F)CCO2)C1. The second-order valence-electron chi connectivity index (χ2n) is 5.72. The van der Waals surface area contributed by atoms with E-state index in [4.69, 9.17) is 9.47 Å². The van der Waals surface area contributed by atoms with Crippen LogP contribution in [0.2, 0.25) is 0 Å². The number of aromatic nitrogens is 1. The smallest absolute Gasteiger partial charge is 0.250 e. The van der Waals surface area contributed by atoms with E-state index in [1.165, 1.54) is 22.6 Å². The Morgan fingerprint density at radius 3 is 3.00 bits per heavy atom. The molecule has 0 aromatic carbocycles. The molecule has 1 spiro atoms. The quantitative estimate of drug-likeness (QED) is 0.829. The predicted molar refractivity (Wildman–Crippen MR) is 77.6 cm³/mol. The van der Waals surface area contributed by atoms with Crippen LogP contribution in [0.4, 0.5) is 4.39 Å². The van der Waals surface area contributed by atoms with Crippen molar-refractivity contribution in [2.24, 2.45) is 0 Å². The zero-order valence-corrected chi connectivity index (χ0v) is 13.2. The molecule has 6 nitrogen and oxygen atoms in total. The van der Waals surface area contributed by atoms with Gasteiger partial charge in [-0.3, -0.25) is 0 Å². The Kier molecular flexibility index (Phi) is 4.09. The molecule has 22 heavy (non-hydrogen) atoms. The second kappa shape index (κ2) is 5.75. The Morgan fingerprint density at radius 2 is 2.32 bits per heavy atom. The van der Waals surface area contributed by atoms with Gasteiger partial charge in [0.2, 0.25) is 10.0 Å². The first kappa shape index (κ1) is 15.6. The summed E-state index contributed by atoms with van der Waals surface area (Å²) in [6.07, 6.45) is 2.44. The van der Waals surface area contributed by atoms with E-state index < -0.39 is 21.4 Å². The van der Waals surface area contributed by atoms with Crippen LogP contribution >= 0.6 is 0 Å². The fourth-order valence-corrected chi connectivity index (χ4v) is 4.12. The van der Waals surface area contributed by atoms with Gasteiger partial charge in [-0.1, -0.05) is 0 Å². The van der Waals surface area contributed by atoms with Gasteiger partial charge >= 0.3 is 0 Å². The van der Waals surface area contributed by atoms with E-state index in [0.29, 0.717) is 32.5 Å². The zero-order chi connectivity index (χ0) is 15.8. The molecule has 2 saturated heterocycles. The van der Waals surface area contributed by atoms with E-state index >= 15 is 0 Å². The summed E-state index contributed by atoms with van der Waals surface area (Å²) in [5.41, 5.74) is -0.504. The van der Waals surface area contributed by atoms with Crippen molar-refractivity contribution < 1.29 is 22.3 Å². The van der Waals surface area contributed by atoms with Gasteiger partial charge in [-0.25, -0.2) is 17.8 Å². The molecule has 1 aromatic rings. The molecule has 0 amide bonds. The summed E-state index contributed by atoms with van der Waals surface area (Å²) < 4.78 is 50.0. The minimum absolute atomic E-state index is 0.0121. The second-order valence-corrected chi connectivity index (χ2v) is 7.98. The molecule has 1 atom stereocenters. The molecule has 3 rings (SSSR count). The molecule has 2 fully saturated rings. The van der Waals surface area contributed by atoms with Gasteiger partial charge in [0, 0.05) is 32.1 Å². The average molecular weight is 330 g/mol. The normalized spacial score (nSPS) is 24.9. The zero-order valence-electron chi connectivity index (χ0n) is 12.4. The molecule has 0 bridgehead atoms. The number of ether oxygens (including phenoxy) is 2. The summed E-state index contributed by atoms with van der Waals surface area (Å²) in [5.74, 6) is -0.420. The molecule has 0 unspecified atom stereocenters. The van der Waals surface area contributed by atoms with Crippen molar-refractivity contribution >= 4 is 10.0 Å². The van der Waals surface area contributed by atoms with E-state index in [-0.39, 0.29) is 17.7 Å². The summed E-state index contributed by atoms with van der Waals surface area (Å²) in [5, 5.41) is 0. The molecule has 0 N–H and O–H groups in total. The Morgan fingerprint density at radius 1 is 1.55 bits per heavy atom. The lowest BCUT2D eigenvalue weighted by molar-refractivity contribution is -0.165. The van der Waals surface area contributed by atoms with Crippen LogP contribution in [0, 0.1) is 5.82 Å². The Balaban J connectivity index is 1.63. The van der Waals surface area contributed by atoms with Crippen LogP contribution in [-0.4, -0.2) is 54.9 Å². The molecule has 0 aliphatic carbocycles. The van der Waals surface area contributed by atoms with Crippen molar-refractivity contribution in [1.82, 2.24) is 9.29 Å². The number of hydrogen-bond donors (Lipinski definition) is 0. The lowest BCUT2D eigenvalue weighted by Gasteiger charge is -2.51. The van der Waals surface area contributed by atoms with Crippen molar-refractivity contribution in [3.8, 4) is 5.88 Å². The fourth-order valence-electron chi connectivity index (χ4n) is 2.90. The first-order chi connectivity index (χ1) is 10.4. The lowest BCUT2D eigenvalue weighted by atomic mass is 9.86. The first-order valence-electron chi connectivity index (χ1n) is 7.33. The van der Waals surface area contributed by atoms with Gasteiger partial charge in [-0.15, -0.1) is 0 Å². The summed E-state index contributed by atoms with van der Waals surface area (Å²) >= 11 is 0. The lowest BCUT2D eigenvalue weighted by Crippen LogP contribution is -2.67. The van der Waals surface area contributed by atoms with E-state index in [9.17, 15) is 12.8 Å². The van der Waals surface area contributed by atoms with Crippen molar-refractivity contribution in [2.45, 2.75) is 31.5 Å². The van der Waals surface area contributed by atoms with Crippen molar-refractivity contribution in [3.05, 3.63) is 24.1 Å². The highest BCUT2D eigenvalue weighted by Crippen LogP contribution is 2.37. The van der Waals surface area contributed by atoms with Crippen LogP contribution in [0.3, 0.4) is 0 Å². The number of hydrogen-bond acceptors (Lipinski definition) is 5. The van der Waals surface area contributed by atoms with Gasteiger partial charge in [0.1, 0.15) is 6.10 Å². The van der Waals surface area contributed by atoms with E-state index in [1.807, 2.05) is 0 Å². The molecular weight excluding hydrogens is 311 g/mol. The monoisotopic (exact) mass is 330 g/mol. The maximum atomic E-state index is 13.6. The molecular formula is C14H19FN2O4S. The van der Waals surface area contributed by atoms with Crippen LogP contribution in [0.5, 0.6) is 5.88 Å². The van der Waals surface area contributed by atoms with Gasteiger partial charge in [0.15, 0.2) is 5.82 Å². The largest absolute Gasteiger partial charge is 0.472 e. The Bertz CT molecular complexity index is 646. The van der Waals surface area contributed by atoms with Gasteiger partial charge < -0.3 is 9.47 Å². The summed E-state index contributed by atoms with van der Waals surface area (Å²) in [7, 11) is -3.18. The summed E-state index contributed by atoms with van der Waals surface area (Å²) in [4.78, 5) is 3.89. The highest BCUT2D eigenvalue weighted by molar-refractivity contribution is 7.89. The molecule has 8 heteroatoms. The third-order valence-electron chi connectivity index (χ3n) is 4.14. The Hall–Kier alpha value is -1.25. The minimum atomic E-state index is -3.18. The molecule has 0 radical (unpaired) electrons. The average Bonchev–Trinajstić information content (AvgIpc) is 2.47. The van der Waals surface area contributed by atoms with Gasteiger partial charge in [-0.05, 0) is 19.1 Å². The molecule has 0 saturated carbocycles. The highest BCUT2D eigenvalue weighted by Gasteiger charge is 2.51. The van der Waals surface area contributed by atoms with E-state index in [0.717, 1.165) is 0 Å². The van der Waals surface area contributed by atoms with Crippen molar-refractivity contribution in [2.75, 3.05) is 25.4 Å². The van der Waals surface area contributed by atoms with Crippen LogP contribution in [0.15, 0.2) is 18.3 Å². The van der Waals surface area contributed by atoms with Crippen LogP contribution in [0.25, 0.3) is 0 Å². The fraction of sp³-hybridized carbons (Fsp3) is 0.643. The van der Waals surface area contributed by atoms with E-state index in [2.05, 4.69) is 4.98 Å². The van der Waals surface area contributed by atoms with Crippen LogP contribution in [-0.2, 0) is 14.8 Å². The van der Waals surface area contributed by atoms with Crippen molar-refractivity contribution in [3.63, 3.8) is 0 Å².